The maximum Gasteiger partial charge on any atom is 0.207 e. The average Bonchev–Trinajstić information content (AvgIpc) is 2.70. The van der Waals surface area contributed by atoms with E-state index in [4.69, 9.17) is 10.2 Å². The third-order valence-corrected chi connectivity index (χ3v) is 3.54. The lowest BCUT2D eigenvalue weighted by Gasteiger charge is -2.00. The zero-order chi connectivity index (χ0) is 9.10. The molecule has 0 amide bonds. The highest BCUT2D eigenvalue weighted by atomic mass is 32.2. The summed E-state index contributed by atoms with van der Waals surface area (Å²) in [5.41, 5.74) is 6.43. The number of hydrogen-bond acceptors (Lipinski definition) is 4. The van der Waals surface area contributed by atoms with Gasteiger partial charge in [-0.1, -0.05) is 0 Å². The van der Waals surface area contributed by atoms with E-state index in [2.05, 4.69) is 4.98 Å². The van der Waals surface area contributed by atoms with Crippen molar-refractivity contribution >= 4 is 11.8 Å². The van der Waals surface area contributed by atoms with Crippen LogP contribution in [0, 0.1) is 0 Å². The molecule has 0 radical (unpaired) electrons. The molecule has 0 bridgehead atoms. The fraction of sp³-hybridized carbons (Fsp3) is 0.667. The first-order valence-electron chi connectivity index (χ1n) is 4.66. The lowest BCUT2D eigenvalue weighted by molar-refractivity contribution is 0.486. The molecule has 2 heterocycles. The van der Waals surface area contributed by atoms with E-state index in [-0.39, 0.29) is 0 Å². The number of nitrogens with two attached hydrogens (primary N) is 1. The summed E-state index contributed by atoms with van der Waals surface area (Å²) in [5.74, 6) is 2.13. The van der Waals surface area contributed by atoms with Gasteiger partial charge in [-0.15, -0.1) is 11.8 Å². The summed E-state index contributed by atoms with van der Waals surface area (Å²) < 4.78 is 5.41. The van der Waals surface area contributed by atoms with Crippen molar-refractivity contribution in [2.75, 3.05) is 12.3 Å². The molecular formula is C9H14N2OS. The number of nitrogens with zero attached hydrogens (tertiary/aromatic N) is 1. The van der Waals surface area contributed by atoms with Crippen LogP contribution >= 0.6 is 11.8 Å². The van der Waals surface area contributed by atoms with Gasteiger partial charge in [0, 0.05) is 6.42 Å². The normalized spacial score (nSPS) is 22.4. The van der Waals surface area contributed by atoms with E-state index in [1.54, 1.807) is 6.26 Å². The average molecular weight is 198 g/mol. The fourth-order valence-electron chi connectivity index (χ4n) is 1.51. The van der Waals surface area contributed by atoms with Crippen molar-refractivity contribution in [3.05, 3.63) is 17.8 Å². The van der Waals surface area contributed by atoms with Crippen molar-refractivity contribution in [2.24, 2.45) is 5.73 Å². The minimum atomic E-state index is 0.492. The minimum absolute atomic E-state index is 0.492. The molecule has 72 valence electrons. The molecule has 0 saturated carbocycles. The summed E-state index contributed by atoms with van der Waals surface area (Å²) in [6.45, 7) is 0.643. The highest BCUT2D eigenvalue weighted by molar-refractivity contribution is 7.99. The zero-order valence-electron chi connectivity index (χ0n) is 7.53. The van der Waals surface area contributed by atoms with Gasteiger partial charge in [-0.25, -0.2) is 4.98 Å². The first-order chi connectivity index (χ1) is 6.40. The second kappa shape index (κ2) is 4.15. The van der Waals surface area contributed by atoms with Crippen LogP contribution in [-0.4, -0.2) is 17.3 Å². The van der Waals surface area contributed by atoms with Crippen molar-refractivity contribution in [3.8, 4) is 0 Å². The van der Waals surface area contributed by atoms with Crippen LogP contribution in [0.3, 0.4) is 0 Å². The maximum absolute atomic E-state index is 5.44. The summed E-state index contributed by atoms with van der Waals surface area (Å²) in [4.78, 5) is 4.41. The summed E-state index contributed by atoms with van der Waals surface area (Å²) in [6, 6.07) is 0. The molecule has 0 aromatic carbocycles. The van der Waals surface area contributed by atoms with E-state index >= 15 is 0 Å². The van der Waals surface area contributed by atoms with Crippen molar-refractivity contribution in [1.29, 1.82) is 0 Å². The third kappa shape index (κ3) is 2.06. The van der Waals surface area contributed by atoms with Crippen molar-refractivity contribution < 1.29 is 4.42 Å². The van der Waals surface area contributed by atoms with Crippen LogP contribution in [0.15, 0.2) is 10.7 Å². The predicted molar refractivity (Wildman–Crippen MR) is 53.7 cm³/mol. The van der Waals surface area contributed by atoms with E-state index in [1.165, 1.54) is 18.6 Å². The van der Waals surface area contributed by atoms with Crippen molar-refractivity contribution in [2.45, 2.75) is 24.5 Å². The van der Waals surface area contributed by atoms with Gasteiger partial charge in [0.15, 0.2) is 0 Å². The molecule has 0 aliphatic carbocycles. The van der Waals surface area contributed by atoms with Crippen molar-refractivity contribution in [1.82, 2.24) is 4.98 Å². The lowest BCUT2D eigenvalue weighted by Crippen LogP contribution is -2.03. The Labute approximate surface area is 82.1 Å². The van der Waals surface area contributed by atoms with Gasteiger partial charge in [-0.05, 0) is 25.1 Å². The Balaban J connectivity index is 2.03. The van der Waals surface area contributed by atoms with Crippen LogP contribution in [0.25, 0.3) is 0 Å². The first-order valence-corrected chi connectivity index (χ1v) is 5.71. The van der Waals surface area contributed by atoms with Crippen LogP contribution in [0.1, 0.15) is 29.7 Å². The quantitative estimate of drug-likeness (QED) is 0.803. The number of thioether (sulfide) groups is 1. The first kappa shape index (κ1) is 9.09. The second-order valence-corrected chi connectivity index (χ2v) is 4.53. The Morgan fingerprint density at radius 1 is 1.69 bits per heavy atom. The van der Waals surface area contributed by atoms with Gasteiger partial charge >= 0.3 is 0 Å². The van der Waals surface area contributed by atoms with Crippen molar-refractivity contribution in [3.63, 3.8) is 0 Å². The summed E-state index contributed by atoms with van der Waals surface area (Å²) in [6.07, 6.45) is 5.04. The van der Waals surface area contributed by atoms with Gasteiger partial charge in [0.1, 0.15) is 6.26 Å². The van der Waals surface area contributed by atoms with Gasteiger partial charge in [-0.2, -0.15) is 0 Å². The molecule has 1 aliphatic rings. The van der Waals surface area contributed by atoms with Gasteiger partial charge in [0.05, 0.1) is 10.9 Å². The molecular weight excluding hydrogens is 184 g/mol. The SMILES string of the molecule is NCCc1coc(C2CCCS2)n1. The molecule has 4 heteroatoms. The topological polar surface area (TPSA) is 52.0 Å². The smallest absolute Gasteiger partial charge is 0.207 e. The Bertz CT molecular complexity index is 268. The van der Waals surface area contributed by atoms with E-state index < -0.39 is 0 Å². The molecule has 13 heavy (non-hydrogen) atoms. The number of hydrogen-bond donors (Lipinski definition) is 1. The highest BCUT2D eigenvalue weighted by Gasteiger charge is 2.22. The van der Waals surface area contributed by atoms with E-state index in [1.807, 2.05) is 11.8 Å². The van der Waals surface area contributed by atoms with Crippen LogP contribution in [0.2, 0.25) is 0 Å². The third-order valence-electron chi connectivity index (χ3n) is 2.18. The van der Waals surface area contributed by atoms with Crippen LogP contribution in [-0.2, 0) is 6.42 Å². The second-order valence-electron chi connectivity index (χ2n) is 3.22. The zero-order valence-corrected chi connectivity index (χ0v) is 8.35. The Morgan fingerprint density at radius 3 is 3.31 bits per heavy atom. The number of oxazole rings is 1. The minimum Gasteiger partial charge on any atom is -0.447 e. The molecule has 2 rings (SSSR count). The molecule has 1 aromatic rings. The summed E-state index contributed by atoms with van der Waals surface area (Å²) in [7, 11) is 0. The van der Waals surface area contributed by atoms with E-state index in [0.717, 1.165) is 18.0 Å². The number of rotatable bonds is 3. The van der Waals surface area contributed by atoms with E-state index in [9.17, 15) is 0 Å². The largest absolute Gasteiger partial charge is 0.447 e. The fourth-order valence-corrected chi connectivity index (χ4v) is 2.71. The maximum atomic E-state index is 5.44. The summed E-state index contributed by atoms with van der Waals surface area (Å²) in [5, 5.41) is 0.492. The van der Waals surface area contributed by atoms with Crippen LogP contribution in [0.5, 0.6) is 0 Å². The highest BCUT2D eigenvalue weighted by Crippen LogP contribution is 2.39. The van der Waals surface area contributed by atoms with Gasteiger partial charge < -0.3 is 10.2 Å². The van der Waals surface area contributed by atoms with Gasteiger partial charge in [-0.3, -0.25) is 0 Å². The molecule has 1 atom stereocenters. The standard InChI is InChI=1S/C9H14N2OS/c10-4-3-7-6-12-9(11-7)8-2-1-5-13-8/h6,8H,1-5,10H2. The molecule has 0 spiro atoms. The lowest BCUT2D eigenvalue weighted by atomic mass is 10.2. The molecule has 3 nitrogen and oxygen atoms in total. The van der Waals surface area contributed by atoms with Gasteiger partial charge in [0.2, 0.25) is 5.89 Å². The molecule has 1 fully saturated rings. The van der Waals surface area contributed by atoms with Crippen LogP contribution in [0.4, 0.5) is 0 Å². The Morgan fingerprint density at radius 2 is 2.62 bits per heavy atom. The Hall–Kier alpha value is -0.480. The monoisotopic (exact) mass is 198 g/mol. The molecule has 2 N–H and O–H groups in total. The van der Waals surface area contributed by atoms with Crippen LogP contribution < -0.4 is 5.73 Å². The molecule has 1 saturated heterocycles. The van der Waals surface area contributed by atoms with Gasteiger partial charge in [0.25, 0.3) is 0 Å². The molecule has 1 aliphatic heterocycles. The number of aromatic nitrogens is 1. The van der Waals surface area contributed by atoms with E-state index in [0.29, 0.717) is 11.8 Å². The molecule has 1 unspecified atom stereocenters. The predicted octanol–water partition coefficient (Wildman–Crippen LogP) is 1.74. The summed E-state index contributed by atoms with van der Waals surface area (Å²) >= 11 is 1.94. The Kier molecular flexibility index (Phi) is 2.90. The molecule has 1 aromatic heterocycles.